The zero-order valence-corrected chi connectivity index (χ0v) is 10.6. The highest BCUT2D eigenvalue weighted by Gasteiger charge is 2.37. The predicted molar refractivity (Wildman–Crippen MR) is 67.8 cm³/mol. The molecular formula is C14H18N2O2. The molecule has 4 heteroatoms. The lowest BCUT2D eigenvalue weighted by atomic mass is 9.86. The number of pyridine rings is 1. The fourth-order valence-corrected chi connectivity index (χ4v) is 3.24. The van der Waals surface area contributed by atoms with Crippen LogP contribution in [0.15, 0.2) is 18.5 Å². The Kier molecular flexibility index (Phi) is 3.04. The van der Waals surface area contributed by atoms with E-state index < -0.39 is 0 Å². The summed E-state index contributed by atoms with van der Waals surface area (Å²) < 4.78 is 5.25. The number of nitrogens with one attached hydrogen (secondary N) is 1. The Hall–Kier alpha value is -1.42. The van der Waals surface area contributed by atoms with E-state index in [2.05, 4.69) is 10.3 Å². The molecule has 3 rings (SSSR count). The number of ketones is 1. The molecule has 2 bridgehead atoms. The number of ether oxygens (including phenoxy) is 1. The standard InChI is InChI=1S/C14H18N2O2/c1-18-13-4-5-15-8-12(13)14(17)9-6-10-2-3-11(7-9)16-10/h4-5,8-11,16H,2-3,6-7H2,1H3. The Bertz CT molecular complexity index is 449. The molecule has 2 saturated heterocycles. The molecule has 2 unspecified atom stereocenters. The molecule has 0 aliphatic carbocycles. The zero-order chi connectivity index (χ0) is 12.5. The van der Waals surface area contributed by atoms with Crippen LogP contribution >= 0.6 is 0 Å². The summed E-state index contributed by atoms with van der Waals surface area (Å²) in [6, 6.07) is 2.81. The predicted octanol–water partition coefficient (Wildman–Crippen LogP) is 1.80. The van der Waals surface area contributed by atoms with Crippen LogP contribution in [0.5, 0.6) is 5.75 Å². The van der Waals surface area contributed by atoms with Crippen LogP contribution in [0.2, 0.25) is 0 Å². The molecule has 0 amide bonds. The molecule has 0 aromatic carbocycles. The highest BCUT2D eigenvalue weighted by molar-refractivity contribution is 6.00. The van der Waals surface area contributed by atoms with Crippen LogP contribution in [0.4, 0.5) is 0 Å². The fourth-order valence-electron chi connectivity index (χ4n) is 3.24. The van der Waals surface area contributed by atoms with Gasteiger partial charge < -0.3 is 10.1 Å². The molecule has 96 valence electrons. The average Bonchev–Trinajstić information content (AvgIpc) is 2.76. The van der Waals surface area contributed by atoms with Crippen LogP contribution in [0.3, 0.4) is 0 Å². The van der Waals surface area contributed by atoms with Gasteiger partial charge in [-0.2, -0.15) is 0 Å². The molecule has 3 heterocycles. The van der Waals surface area contributed by atoms with Gasteiger partial charge in [0.05, 0.1) is 12.7 Å². The summed E-state index contributed by atoms with van der Waals surface area (Å²) in [6.07, 6.45) is 7.60. The molecule has 0 radical (unpaired) electrons. The summed E-state index contributed by atoms with van der Waals surface area (Å²) >= 11 is 0. The maximum absolute atomic E-state index is 12.6. The number of rotatable bonds is 3. The van der Waals surface area contributed by atoms with Gasteiger partial charge in [0, 0.05) is 30.4 Å². The van der Waals surface area contributed by atoms with Crippen molar-refractivity contribution in [2.45, 2.75) is 37.8 Å². The number of carbonyl (C=O) groups excluding carboxylic acids is 1. The van der Waals surface area contributed by atoms with E-state index >= 15 is 0 Å². The second-order valence-corrected chi connectivity index (χ2v) is 5.25. The topological polar surface area (TPSA) is 51.2 Å². The Morgan fingerprint density at radius 3 is 2.78 bits per heavy atom. The molecule has 4 nitrogen and oxygen atoms in total. The molecule has 2 aliphatic rings. The Morgan fingerprint density at radius 1 is 1.39 bits per heavy atom. The monoisotopic (exact) mass is 246 g/mol. The Morgan fingerprint density at radius 2 is 2.11 bits per heavy atom. The van der Waals surface area contributed by atoms with Crippen LogP contribution in [-0.2, 0) is 0 Å². The number of hydrogen-bond acceptors (Lipinski definition) is 4. The van der Waals surface area contributed by atoms with Crippen LogP contribution in [0, 0.1) is 5.92 Å². The van der Waals surface area contributed by atoms with E-state index in [1.165, 1.54) is 12.8 Å². The maximum atomic E-state index is 12.6. The van der Waals surface area contributed by atoms with E-state index in [9.17, 15) is 4.79 Å². The first-order valence-corrected chi connectivity index (χ1v) is 6.56. The van der Waals surface area contributed by atoms with Gasteiger partial charge in [-0.3, -0.25) is 9.78 Å². The highest BCUT2D eigenvalue weighted by atomic mass is 16.5. The van der Waals surface area contributed by atoms with Gasteiger partial charge in [-0.25, -0.2) is 0 Å². The number of aromatic nitrogens is 1. The van der Waals surface area contributed by atoms with Gasteiger partial charge in [0.2, 0.25) is 0 Å². The number of hydrogen-bond donors (Lipinski definition) is 1. The van der Waals surface area contributed by atoms with Gasteiger partial charge in [-0.15, -0.1) is 0 Å². The maximum Gasteiger partial charge on any atom is 0.171 e. The molecule has 2 aliphatic heterocycles. The third kappa shape index (κ3) is 2.01. The Labute approximate surface area is 107 Å². The summed E-state index contributed by atoms with van der Waals surface area (Å²) in [7, 11) is 1.60. The van der Waals surface area contributed by atoms with Crippen LogP contribution in [0.25, 0.3) is 0 Å². The lowest BCUT2D eigenvalue weighted by molar-refractivity contribution is 0.0872. The summed E-state index contributed by atoms with van der Waals surface area (Å²) in [5.74, 6) is 0.959. The van der Waals surface area contributed by atoms with Gasteiger partial charge in [-0.1, -0.05) is 0 Å². The van der Waals surface area contributed by atoms with E-state index in [0.717, 1.165) is 12.8 Å². The molecule has 0 saturated carbocycles. The van der Waals surface area contributed by atoms with Gasteiger partial charge >= 0.3 is 0 Å². The SMILES string of the molecule is COc1ccncc1C(=O)C1CC2CCC(C1)N2. The number of fused-ring (bicyclic) bond motifs is 2. The van der Waals surface area contributed by atoms with Crippen LogP contribution in [0.1, 0.15) is 36.0 Å². The van der Waals surface area contributed by atoms with Crippen LogP contribution < -0.4 is 10.1 Å². The minimum atomic E-state index is 0.127. The van der Waals surface area contributed by atoms with Crippen molar-refractivity contribution < 1.29 is 9.53 Å². The van der Waals surface area contributed by atoms with E-state index in [1.807, 2.05) is 0 Å². The first-order valence-electron chi connectivity index (χ1n) is 6.56. The number of nitrogens with zero attached hydrogens (tertiary/aromatic N) is 1. The smallest absolute Gasteiger partial charge is 0.171 e. The lowest BCUT2D eigenvalue weighted by Gasteiger charge is -2.28. The molecular weight excluding hydrogens is 228 g/mol. The molecule has 2 fully saturated rings. The fraction of sp³-hybridized carbons (Fsp3) is 0.571. The number of Topliss-reactive ketones (excluding diaryl/α,β-unsaturated/α-hetero) is 1. The van der Waals surface area contributed by atoms with Gasteiger partial charge in [-0.05, 0) is 31.7 Å². The first-order chi connectivity index (χ1) is 8.78. The number of carbonyl (C=O) groups is 1. The molecule has 0 spiro atoms. The van der Waals surface area contributed by atoms with Gasteiger partial charge in [0.25, 0.3) is 0 Å². The second-order valence-electron chi connectivity index (χ2n) is 5.25. The van der Waals surface area contributed by atoms with Crippen molar-refractivity contribution in [1.82, 2.24) is 10.3 Å². The first kappa shape index (κ1) is 11.7. The van der Waals surface area contributed by atoms with Crippen molar-refractivity contribution in [3.05, 3.63) is 24.0 Å². The number of piperidine rings is 1. The minimum Gasteiger partial charge on any atom is -0.496 e. The lowest BCUT2D eigenvalue weighted by Crippen LogP contribution is -2.40. The van der Waals surface area contributed by atoms with Crippen molar-refractivity contribution >= 4 is 5.78 Å². The van der Waals surface area contributed by atoms with E-state index in [0.29, 0.717) is 23.4 Å². The molecule has 1 aromatic rings. The van der Waals surface area contributed by atoms with E-state index in [1.54, 1.807) is 25.6 Å². The normalized spacial score (nSPS) is 30.2. The number of methoxy groups -OCH3 is 1. The van der Waals surface area contributed by atoms with E-state index in [4.69, 9.17) is 4.74 Å². The third-order valence-electron chi connectivity index (χ3n) is 4.11. The Balaban J connectivity index is 1.82. The van der Waals surface area contributed by atoms with Gasteiger partial charge in [0.1, 0.15) is 5.75 Å². The van der Waals surface area contributed by atoms with Crippen molar-refractivity contribution in [2.75, 3.05) is 7.11 Å². The summed E-state index contributed by atoms with van der Waals surface area (Å²) in [6.45, 7) is 0. The van der Waals surface area contributed by atoms with Crippen molar-refractivity contribution in [3.8, 4) is 5.75 Å². The summed E-state index contributed by atoms with van der Waals surface area (Å²) in [4.78, 5) is 16.6. The molecule has 2 atom stereocenters. The molecule has 1 N–H and O–H groups in total. The summed E-state index contributed by atoms with van der Waals surface area (Å²) in [5, 5.41) is 3.56. The minimum absolute atomic E-state index is 0.127. The highest BCUT2D eigenvalue weighted by Crippen LogP contribution is 2.34. The average molecular weight is 246 g/mol. The second kappa shape index (κ2) is 4.69. The van der Waals surface area contributed by atoms with Crippen molar-refractivity contribution in [1.29, 1.82) is 0 Å². The van der Waals surface area contributed by atoms with E-state index in [-0.39, 0.29) is 11.7 Å². The molecule has 1 aromatic heterocycles. The van der Waals surface area contributed by atoms with Crippen molar-refractivity contribution in [3.63, 3.8) is 0 Å². The van der Waals surface area contributed by atoms with Crippen molar-refractivity contribution in [2.24, 2.45) is 5.92 Å². The zero-order valence-electron chi connectivity index (χ0n) is 10.6. The van der Waals surface area contributed by atoms with Crippen LogP contribution in [-0.4, -0.2) is 30.0 Å². The summed E-state index contributed by atoms with van der Waals surface area (Å²) in [5.41, 5.74) is 0.631. The quantitative estimate of drug-likeness (QED) is 0.826. The molecule has 18 heavy (non-hydrogen) atoms. The third-order valence-corrected chi connectivity index (χ3v) is 4.11. The van der Waals surface area contributed by atoms with Gasteiger partial charge in [0.15, 0.2) is 5.78 Å². The largest absolute Gasteiger partial charge is 0.496 e.